The number of halogens is 1. The number of benzene rings is 3. The lowest BCUT2D eigenvalue weighted by molar-refractivity contribution is 0.462. The maximum absolute atomic E-state index is 5.96. The van der Waals surface area contributed by atoms with E-state index in [-0.39, 0.29) is 0 Å². The maximum atomic E-state index is 5.96. The van der Waals surface area contributed by atoms with Crippen molar-refractivity contribution >= 4 is 26.7 Å². The van der Waals surface area contributed by atoms with E-state index in [1.807, 2.05) is 78.9 Å². The molecule has 0 unspecified atom stereocenters. The van der Waals surface area contributed by atoms with Gasteiger partial charge in [0.25, 0.3) is 0 Å². The zero-order chi connectivity index (χ0) is 16.4. The van der Waals surface area contributed by atoms with Crippen LogP contribution in [0.3, 0.4) is 0 Å². The molecule has 0 spiro atoms. The van der Waals surface area contributed by atoms with Crippen LogP contribution in [0.4, 0.5) is 0 Å². The van der Waals surface area contributed by atoms with Gasteiger partial charge >= 0.3 is 0 Å². The van der Waals surface area contributed by atoms with E-state index in [0.717, 1.165) is 32.3 Å². The van der Waals surface area contributed by atoms with Crippen molar-refractivity contribution in [1.82, 2.24) is 10.2 Å². The highest BCUT2D eigenvalue weighted by Crippen LogP contribution is 2.33. The molecule has 3 nitrogen and oxygen atoms in total. The number of hydrogen-bond donors (Lipinski definition) is 0. The number of nitrogens with zero attached hydrogens (tertiary/aromatic N) is 2. The summed E-state index contributed by atoms with van der Waals surface area (Å²) in [5.41, 5.74) is 1.89. The van der Waals surface area contributed by atoms with E-state index in [2.05, 4.69) is 26.1 Å². The molecular formula is C20H13BrN2O. The van der Waals surface area contributed by atoms with E-state index < -0.39 is 0 Å². The first-order valence-electron chi connectivity index (χ1n) is 7.55. The van der Waals surface area contributed by atoms with Crippen LogP contribution in [-0.4, -0.2) is 10.2 Å². The van der Waals surface area contributed by atoms with Crippen LogP contribution < -0.4 is 4.74 Å². The summed E-state index contributed by atoms with van der Waals surface area (Å²) in [6.07, 6.45) is 0. The van der Waals surface area contributed by atoms with Crippen molar-refractivity contribution in [3.63, 3.8) is 0 Å². The molecule has 0 atom stereocenters. The van der Waals surface area contributed by atoms with Crippen LogP contribution in [0.5, 0.6) is 11.6 Å². The first-order valence-corrected chi connectivity index (χ1v) is 8.35. The molecule has 3 aromatic carbocycles. The predicted molar refractivity (Wildman–Crippen MR) is 99.2 cm³/mol. The summed E-state index contributed by atoms with van der Waals surface area (Å²) in [7, 11) is 0. The molecule has 0 bridgehead atoms. The zero-order valence-corrected chi connectivity index (χ0v) is 14.3. The fourth-order valence-electron chi connectivity index (χ4n) is 2.61. The van der Waals surface area contributed by atoms with Crippen LogP contribution in [0.2, 0.25) is 0 Å². The Bertz CT molecular complexity index is 1000. The van der Waals surface area contributed by atoms with E-state index in [4.69, 9.17) is 4.74 Å². The number of fused-ring (bicyclic) bond motifs is 1. The van der Waals surface area contributed by atoms with Crippen LogP contribution >= 0.6 is 15.9 Å². The third kappa shape index (κ3) is 2.88. The Balaban J connectivity index is 1.84. The van der Waals surface area contributed by atoms with E-state index in [1.165, 1.54) is 0 Å². The monoisotopic (exact) mass is 376 g/mol. The minimum atomic E-state index is 0.503. The van der Waals surface area contributed by atoms with Gasteiger partial charge in [-0.05, 0) is 24.3 Å². The van der Waals surface area contributed by atoms with Gasteiger partial charge in [-0.2, -0.15) is 0 Å². The minimum absolute atomic E-state index is 0.503. The van der Waals surface area contributed by atoms with E-state index in [9.17, 15) is 0 Å². The van der Waals surface area contributed by atoms with Crippen molar-refractivity contribution in [3.05, 3.63) is 83.3 Å². The highest BCUT2D eigenvalue weighted by Gasteiger charge is 2.12. The molecule has 1 aromatic heterocycles. The van der Waals surface area contributed by atoms with Crippen molar-refractivity contribution in [3.8, 4) is 22.9 Å². The van der Waals surface area contributed by atoms with Gasteiger partial charge in [0.2, 0.25) is 5.88 Å². The molecule has 0 amide bonds. The first-order chi connectivity index (χ1) is 11.8. The van der Waals surface area contributed by atoms with Crippen LogP contribution in [0.25, 0.3) is 22.0 Å². The predicted octanol–water partition coefficient (Wildman–Crippen LogP) is 5.85. The molecule has 0 radical (unpaired) electrons. The quantitative estimate of drug-likeness (QED) is 0.449. The largest absolute Gasteiger partial charge is 0.437 e. The topological polar surface area (TPSA) is 35.0 Å². The molecule has 0 fully saturated rings. The van der Waals surface area contributed by atoms with Gasteiger partial charge in [-0.3, -0.25) is 0 Å². The summed E-state index contributed by atoms with van der Waals surface area (Å²) in [5, 5.41) is 10.7. The van der Waals surface area contributed by atoms with Gasteiger partial charge in [-0.15, -0.1) is 10.2 Å². The normalized spacial score (nSPS) is 10.7. The average Bonchev–Trinajstić information content (AvgIpc) is 2.63. The Morgan fingerprint density at radius 1 is 0.708 bits per heavy atom. The highest BCUT2D eigenvalue weighted by molar-refractivity contribution is 9.10. The van der Waals surface area contributed by atoms with Gasteiger partial charge in [0.15, 0.2) is 0 Å². The average molecular weight is 377 g/mol. The van der Waals surface area contributed by atoms with E-state index >= 15 is 0 Å². The molecule has 4 rings (SSSR count). The van der Waals surface area contributed by atoms with Gasteiger partial charge in [0, 0.05) is 20.8 Å². The first kappa shape index (κ1) is 14.8. The summed E-state index contributed by atoms with van der Waals surface area (Å²) in [4.78, 5) is 0. The minimum Gasteiger partial charge on any atom is -0.437 e. The fourth-order valence-corrected chi connectivity index (χ4v) is 2.98. The Morgan fingerprint density at radius 2 is 1.46 bits per heavy atom. The second-order valence-electron chi connectivity index (χ2n) is 5.32. The summed E-state index contributed by atoms with van der Waals surface area (Å²) in [6.45, 7) is 0. The van der Waals surface area contributed by atoms with Crippen molar-refractivity contribution in [2.45, 2.75) is 0 Å². The smallest absolute Gasteiger partial charge is 0.246 e. The molecule has 0 saturated carbocycles. The second-order valence-corrected chi connectivity index (χ2v) is 6.24. The van der Waals surface area contributed by atoms with Crippen molar-refractivity contribution < 1.29 is 4.74 Å². The lowest BCUT2D eigenvalue weighted by Gasteiger charge is -2.10. The number of hydrogen-bond acceptors (Lipinski definition) is 3. The summed E-state index contributed by atoms with van der Waals surface area (Å²) < 4.78 is 6.92. The molecule has 4 heteroatoms. The van der Waals surface area contributed by atoms with E-state index in [1.54, 1.807) is 0 Å². The molecule has 0 N–H and O–H groups in total. The molecule has 116 valence electrons. The standard InChI is InChI=1S/C20H13BrN2O/c21-15-9-6-10-16(13-15)24-20-18-12-5-4-11-17(18)19(22-23-20)14-7-2-1-3-8-14/h1-13H. The molecular weight excluding hydrogens is 364 g/mol. The lowest BCUT2D eigenvalue weighted by Crippen LogP contribution is -1.95. The lowest BCUT2D eigenvalue weighted by atomic mass is 10.1. The SMILES string of the molecule is Brc1cccc(Oc2nnc(-c3ccccc3)c3ccccc23)c1. The van der Waals surface area contributed by atoms with Crippen LogP contribution in [-0.2, 0) is 0 Å². The molecule has 4 aromatic rings. The van der Waals surface area contributed by atoms with Crippen molar-refractivity contribution in [1.29, 1.82) is 0 Å². The fraction of sp³-hybridized carbons (Fsp3) is 0. The number of ether oxygens (including phenoxy) is 1. The summed E-state index contributed by atoms with van der Waals surface area (Å²) >= 11 is 3.45. The summed E-state index contributed by atoms with van der Waals surface area (Å²) in [5.74, 6) is 1.22. The van der Waals surface area contributed by atoms with Gasteiger partial charge < -0.3 is 4.74 Å². The zero-order valence-electron chi connectivity index (χ0n) is 12.7. The third-order valence-electron chi connectivity index (χ3n) is 3.71. The second kappa shape index (κ2) is 6.42. The molecule has 0 aliphatic heterocycles. The van der Waals surface area contributed by atoms with Crippen LogP contribution in [0.1, 0.15) is 0 Å². The third-order valence-corrected chi connectivity index (χ3v) is 4.20. The van der Waals surface area contributed by atoms with Crippen molar-refractivity contribution in [2.24, 2.45) is 0 Å². The molecule has 24 heavy (non-hydrogen) atoms. The Labute approximate surface area is 148 Å². The van der Waals surface area contributed by atoms with Gasteiger partial charge in [-0.1, -0.05) is 70.5 Å². The van der Waals surface area contributed by atoms with Crippen LogP contribution in [0, 0.1) is 0 Å². The highest BCUT2D eigenvalue weighted by atomic mass is 79.9. The molecule has 0 aliphatic rings. The molecule has 0 saturated heterocycles. The van der Waals surface area contributed by atoms with Gasteiger partial charge in [-0.25, -0.2) is 0 Å². The van der Waals surface area contributed by atoms with Crippen LogP contribution in [0.15, 0.2) is 83.3 Å². The molecule has 1 heterocycles. The van der Waals surface area contributed by atoms with Crippen molar-refractivity contribution in [2.75, 3.05) is 0 Å². The Kier molecular flexibility index (Phi) is 3.97. The van der Waals surface area contributed by atoms with Gasteiger partial charge in [0.05, 0.1) is 0 Å². The van der Waals surface area contributed by atoms with Gasteiger partial charge in [0.1, 0.15) is 11.4 Å². The maximum Gasteiger partial charge on any atom is 0.246 e. The number of rotatable bonds is 3. The molecule has 0 aliphatic carbocycles. The van der Waals surface area contributed by atoms with E-state index in [0.29, 0.717) is 5.88 Å². The summed E-state index contributed by atoms with van der Waals surface area (Å²) in [6, 6.07) is 25.8. The Hall–Kier alpha value is -2.72. The number of aromatic nitrogens is 2. The Morgan fingerprint density at radius 3 is 2.25 bits per heavy atom.